The standard InChI is InChI=1S/C12H14N2O2/c1-2-16-12(15)4-3-11-9-10(5-7-13)6-8-14-11/h6,8-9H,2-5H2,1H3. The summed E-state index contributed by atoms with van der Waals surface area (Å²) in [6.07, 6.45) is 2.91. The van der Waals surface area contributed by atoms with Crippen LogP contribution in [-0.4, -0.2) is 17.6 Å². The molecule has 0 fully saturated rings. The predicted octanol–water partition coefficient (Wildman–Crippen LogP) is 1.64. The van der Waals surface area contributed by atoms with Crippen LogP contribution in [0.5, 0.6) is 0 Å². The zero-order valence-corrected chi connectivity index (χ0v) is 9.27. The lowest BCUT2D eigenvalue weighted by molar-refractivity contribution is -0.143. The summed E-state index contributed by atoms with van der Waals surface area (Å²) < 4.78 is 4.82. The second kappa shape index (κ2) is 6.57. The van der Waals surface area contributed by atoms with Gasteiger partial charge in [0.15, 0.2) is 0 Å². The van der Waals surface area contributed by atoms with E-state index in [0.29, 0.717) is 25.9 Å². The maximum absolute atomic E-state index is 11.1. The van der Waals surface area contributed by atoms with Crippen molar-refractivity contribution in [2.45, 2.75) is 26.2 Å². The van der Waals surface area contributed by atoms with E-state index in [4.69, 9.17) is 10.00 Å². The summed E-state index contributed by atoms with van der Waals surface area (Å²) in [5, 5.41) is 8.55. The molecule has 0 spiro atoms. The van der Waals surface area contributed by atoms with E-state index < -0.39 is 0 Å². The first-order valence-corrected chi connectivity index (χ1v) is 5.22. The fourth-order valence-electron chi connectivity index (χ4n) is 1.33. The van der Waals surface area contributed by atoms with Crippen LogP contribution in [0.3, 0.4) is 0 Å². The molecule has 4 nitrogen and oxygen atoms in total. The highest BCUT2D eigenvalue weighted by molar-refractivity contribution is 5.69. The summed E-state index contributed by atoms with van der Waals surface area (Å²) in [5.41, 5.74) is 1.75. The number of carbonyl (C=O) groups is 1. The van der Waals surface area contributed by atoms with Crippen LogP contribution in [0.25, 0.3) is 0 Å². The van der Waals surface area contributed by atoms with Gasteiger partial charge in [0.25, 0.3) is 0 Å². The van der Waals surface area contributed by atoms with E-state index in [1.165, 1.54) is 0 Å². The predicted molar refractivity (Wildman–Crippen MR) is 58.5 cm³/mol. The fourth-order valence-corrected chi connectivity index (χ4v) is 1.33. The molecule has 0 radical (unpaired) electrons. The van der Waals surface area contributed by atoms with E-state index in [1.807, 2.05) is 6.07 Å². The van der Waals surface area contributed by atoms with E-state index in [2.05, 4.69) is 11.1 Å². The Bertz CT molecular complexity index is 396. The molecule has 0 saturated heterocycles. The average molecular weight is 218 g/mol. The number of aromatic nitrogens is 1. The monoisotopic (exact) mass is 218 g/mol. The molecule has 16 heavy (non-hydrogen) atoms. The Morgan fingerprint density at radius 1 is 1.62 bits per heavy atom. The summed E-state index contributed by atoms with van der Waals surface area (Å²) >= 11 is 0. The zero-order chi connectivity index (χ0) is 11.8. The van der Waals surface area contributed by atoms with Crippen LogP contribution in [0.15, 0.2) is 18.3 Å². The van der Waals surface area contributed by atoms with Crippen molar-refractivity contribution in [2.24, 2.45) is 0 Å². The van der Waals surface area contributed by atoms with Crippen molar-refractivity contribution in [3.8, 4) is 6.07 Å². The Morgan fingerprint density at radius 3 is 3.12 bits per heavy atom. The summed E-state index contributed by atoms with van der Waals surface area (Å²) in [4.78, 5) is 15.3. The Kier molecular flexibility index (Phi) is 5.00. The van der Waals surface area contributed by atoms with Crippen molar-refractivity contribution in [1.29, 1.82) is 5.26 Å². The number of esters is 1. The van der Waals surface area contributed by atoms with Gasteiger partial charge in [-0.15, -0.1) is 0 Å². The fraction of sp³-hybridized carbons (Fsp3) is 0.417. The molecule has 1 aromatic rings. The molecule has 1 aromatic heterocycles. The maximum atomic E-state index is 11.1. The van der Waals surface area contributed by atoms with Gasteiger partial charge >= 0.3 is 5.97 Å². The van der Waals surface area contributed by atoms with Crippen LogP contribution in [0.4, 0.5) is 0 Å². The molecule has 1 rings (SSSR count). The molecule has 0 aliphatic heterocycles. The number of nitriles is 1. The minimum atomic E-state index is -0.213. The number of hydrogen-bond donors (Lipinski definition) is 0. The third-order valence-corrected chi connectivity index (χ3v) is 2.05. The quantitative estimate of drug-likeness (QED) is 0.705. The second-order valence-electron chi connectivity index (χ2n) is 3.30. The number of pyridine rings is 1. The first kappa shape index (κ1) is 12.2. The molecule has 84 valence electrons. The first-order valence-electron chi connectivity index (χ1n) is 5.22. The zero-order valence-electron chi connectivity index (χ0n) is 9.27. The second-order valence-corrected chi connectivity index (χ2v) is 3.30. The molecule has 0 saturated carbocycles. The number of nitrogens with zero attached hydrogens (tertiary/aromatic N) is 2. The van der Waals surface area contributed by atoms with Gasteiger partial charge in [0, 0.05) is 18.3 Å². The van der Waals surface area contributed by atoms with Gasteiger partial charge in [-0.25, -0.2) is 0 Å². The maximum Gasteiger partial charge on any atom is 0.306 e. The number of aryl methyl sites for hydroxylation is 1. The molecular formula is C12H14N2O2. The number of carbonyl (C=O) groups excluding carboxylic acids is 1. The van der Waals surface area contributed by atoms with Gasteiger partial charge in [-0.05, 0) is 24.6 Å². The van der Waals surface area contributed by atoms with Gasteiger partial charge < -0.3 is 4.74 Å². The highest BCUT2D eigenvalue weighted by Crippen LogP contribution is 2.05. The molecule has 0 unspecified atom stereocenters. The Balaban J connectivity index is 2.51. The molecule has 1 heterocycles. The molecule has 0 N–H and O–H groups in total. The molecule has 0 aliphatic rings. The lowest BCUT2D eigenvalue weighted by Gasteiger charge is -2.02. The van der Waals surface area contributed by atoms with Crippen LogP contribution < -0.4 is 0 Å². The lowest BCUT2D eigenvalue weighted by Crippen LogP contribution is -2.06. The van der Waals surface area contributed by atoms with Crippen molar-refractivity contribution in [3.63, 3.8) is 0 Å². The van der Waals surface area contributed by atoms with Crippen molar-refractivity contribution in [3.05, 3.63) is 29.6 Å². The normalized spacial score (nSPS) is 9.50. The average Bonchev–Trinajstić information content (AvgIpc) is 2.28. The van der Waals surface area contributed by atoms with Crippen molar-refractivity contribution >= 4 is 5.97 Å². The van der Waals surface area contributed by atoms with Crippen LogP contribution >= 0.6 is 0 Å². The van der Waals surface area contributed by atoms with Crippen LogP contribution in [0.1, 0.15) is 24.6 Å². The number of ether oxygens (including phenoxy) is 1. The third-order valence-electron chi connectivity index (χ3n) is 2.05. The van der Waals surface area contributed by atoms with Gasteiger partial charge in [-0.3, -0.25) is 9.78 Å². The smallest absolute Gasteiger partial charge is 0.306 e. The van der Waals surface area contributed by atoms with E-state index in [-0.39, 0.29) is 5.97 Å². The van der Waals surface area contributed by atoms with Gasteiger partial charge in [0.2, 0.25) is 0 Å². The highest BCUT2D eigenvalue weighted by Gasteiger charge is 2.04. The van der Waals surface area contributed by atoms with Crippen LogP contribution in [0.2, 0.25) is 0 Å². The van der Waals surface area contributed by atoms with Crippen LogP contribution in [-0.2, 0) is 22.4 Å². The van der Waals surface area contributed by atoms with E-state index >= 15 is 0 Å². The lowest BCUT2D eigenvalue weighted by atomic mass is 10.1. The van der Waals surface area contributed by atoms with Gasteiger partial charge in [0.05, 0.1) is 25.5 Å². The number of rotatable bonds is 5. The minimum absolute atomic E-state index is 0.213. The first-order chi connectivity index (χ1) is 7.76. The van der Waals surface area contributed by atoms with Crippen LogP contribution in [0, 0.1) is 11.3 Å². The van der Waals surface area contributed by atoms with E-state index in [1.54, 1.807) is 19.2 Å². The molecule has 0 aromatic carbocycles. The number of hydrogen-bond acceptors (Lipinski definition) is 4. The topological polar surface area (TPSA) is 63.0 Å². The summed E-state index contributed by atoms with van der Waals surface area (Å²) in [7, 11) is 0. The summed E-state index contributed by atoms with van der Waals surface area (Å²) in [6.45, 7) is 2.18. The molecule has 4 heteroatoms. The molecule has 0 bridgehead atoms. The Morgan fingerprint density at radius 2 is 2.44 bits per heavy atom. The third kappa shape index (κ3) is 4.09. The van der Waals surface area contributed by atoms with Gasteiger partial charge in [-0.1, -0.05) is 0 Å². The summed E-state index contributed by atoms with van der Waals surface area (Å²) in [5.74, 6) is -0.213. The molecule has 0 aliphatic carbocycles. The molecule has 0 atom stereocenters. The van der Waals surface area contributed by atoms with Gasteiger partial charge in [0.1, 0.15) is 0 Å². The Hall–Kier alpha value is -1.89. The Labute approximate surface area is 94.9 Å². The molecular weight excluding hydrogens is 204 g/mol. The van der Waals surface area contributed by atoms with Gasteiger partial charge in [-0.2, -0.15) is 5.26 Å². The van der Waals surface area contributed by atoms with E-state index in [0.717, 1.165) is 11.3 Å². The minimum Gasteiger partial charge on any atom is -0.466 e. The van der Waals surface area contributed by atoms with Crippen molar-refractivity contribution in [1.82, 2.24) is 4.98 Å². The highest BCUT2D eigenvalue weighted by atomic mass is 16.5. The molecule has 0 amide bonds. The largest absolute Gasteiger partial charge is 0.466 e. The SMILES string of the molecule is CCOC(=O)CCc1cc(CC#N)ccn1. The summed E-state index contributed by atoms with van der Waals surface area (Å²) in [6, 6.07) is 5.73. The van der Waals surface area contributed by atoms with E-state index in [9.17, 15) is 4.79 Å². The van der Waals surface area contributed by atoms with Crippen molar-refractivity contribution < 1.29 is 9.53 Å². The van der Waals surface area contributed by atoms with Crippen molar-refractivity contribution in [2.75, 3.05) is 6.61 Å².